The Bertz CT molecular complexity index is 398. The summed E-state index contributed by atoms with van der Waals surface area (Å²) < 4.78 is 0. The van der Waals surface area contributed by atoms with Crippen molar-refractivity contribution in [1.29, 1.82) is 0 Å². The van der Waals surface area contributed by atoms with Gasteiger partial charge in [-0.2, -0.15) is 0 Å². The molecule has 0 radical (unpaired) electrons. The Morgan fingerprint density at radius 3 is 2.21 bits per heavy atom. The van der Waals surface area contributed by atoms with Crippen LogP contribution >= 0.6 is 23.5 Å². The van der Waals surface area contributed by atoms with E-state index in [0.29, 0.717) is 26.9 Å². The van der Waals surface area contributed by atoms with Crippen molar-refractivity contribution in [2.24, 2.45) is 16.7 Å². The Morgan fingerprint density at radius 2 is 1.74 bits per heavy atom. The molecule has 0 aliphatic carbocycles. The van der Waals surface area contributed by atoms with E-state index in [1.54, 1.807) is 11.8 Å². The van der Waals surface area contributed by atoms with Crippen LogP contribution in [-0.4, -0.2) is 21.4 Å². The smallest absolute Gasteiger partial charge is 0.189 e. The van der Waals surface area contributed by atoms with Crippen molar-refractivity contribution in [2.75, 3.05) is 5.75 Å². The van der Waals surface area contributed by atoms with Gasteiger partial charge in [-0.15, -0.1) is 11.8 Å². The second kappa shape index (κ2) is 5.14. The van der Waals surface area contributed by atoms with Crippen LogP contribution in [0.15, 0.2) is 11.6 Å². The molecule has 0 aromatic rings. The topological polar surface area (TPSA) is 17.1 Å². The van der Waals surface area contributed by atoms with Crippen molar-refractivity contribution < 1.29 is 4.79 Å². The van der Waals surface area contributed by atoms with Gasteiger partial charge in [-0.25, -0.2) is 0 Å². The summed E-state index contributed by atoms with van der Waals surface area (Å²) in [6.07, 6.45) is 3.21. The van der Waals surface area contributed by atoms with Crippen LogP contribution in [0.3, 0.4) is 0 Å². The predicted molar refractivity (Wildman–Crippen MR) is 87.7 cm³/mol. The second-order valence-corrected chi connectivity index (χ2v) is 10.3. The fourth-order valence-electron chi connectivity index (χ4n) is 2.87. The maximum absolute atomic E-state index is 11.9. The Labute approximate surface area is 126 Å². The van der Waals surface area contributed by atoms with Gasteiger partial charge in [-0.1, -0.05) is 65.0 Å². The Morgan fingerprint density at radius 1 is 1.11 bits per heavy atom. The summed E-state index contributed by atoms with van der Waals surface area (Å²) in [5.74, 6) is 1.59. The molecule has 2 aliphatic heterocycles. The first-order chi connectivity index (χ1) is 8.59. The average Bonchev–Trinajstić information content (AvgIpc) is 2.79. The molecule has 0 aromatic carbocycles. The number of carbonyl (C=O) groups excluding carboxylic acids is 1. The SMILES string of the molecule is CC(C)(C)[C@@H]1C=C([C@@H]2CC(=O)S[C@H]2C(C)(C)C)CS1. The molecule has 108 valence electrons. The highest BCUT2D eigenvalue weighted by molar-refractivity contribution is 8.14. The first-order valence-corrected chi connectivity index (χ1v) is 9.03. The van der Waals surface area contributed by atoms with Gasteiger partial charge < -0.3 is 0 Å². The molecule has 0 aromatic heterocycles. The lowest BCUT2D eigenvalue weighted by atomic mass is 9.79. The highest BCUT2D eigenvalue weighted by Gasteiger charge is 2.44. The maximum atomic E-state index is 11.9. The summed E-state index contributed by atoms with van der Waals surface area (Å²) in [4.78, 5) is 11.9. The third kappa shape index (κ3) is 3.41. The highest BCUT2D eigenvalue weighted by Crippen LogP contribution is 2.50. The van der Waals surface area contributed by atoms with Crippen molar-refractivity contribution in [2.45, 2.75) is 58.5 Å². The third-order valence-corrected chi connectivity index (χ3v) is 7.41. The molecule has 1 fully saturated rings. The number of thioether (sulfide) groups is 2. The molecule has 19 heavy (non-hydrogen) atoms. The normalized spacial score (nSPS) is 32.8. The minimum absolute atomic E-state index is 0.201. The summed E-state index contributed by atoms with van der Waals surface area (Å²) >= 11 is 3.63. The molecule has 3 heteroatoms. The van der Waals surface area contributed by atoms with E-state index < -0.39 is 0 Å². The monoisotopic (exact) mass is 298 g/mol. The number of rotatable bonds is 1. The largest absolute Gasteiger partial charge is 0.287 e. The first kappa shape index (κ1) is 15.5. The molecule has 0 amide bonds. The quantitative estimate of drug-likeness (QED) is 0.649. The zero-order valence-electron chi connectivity index (χ0n) is 12.9. The number of hydrogen-bond donors (Lipinski definition) is 0. The second-order valence-electron chi connectivity index (χ2n) is 7.93. The molecule has 0 N–H and O–H groups in total. The van der Waals surface area contributed by atoms with E-state index in [2.05, 4.69) is 47.6 Å². The van der Waals surface area contributed by atoms with E-state index in [1.807, 2.05) is 11.8 Å². The van der Waals surface area contributed by atoms with Crippen LogP contribution in [0.2, 0.25) is 0 Å². The minimum Gasteiger partial charge on any atom is -0.287 e. The lowest BCUT2D eigenvalue weighted by Crippen LogP contribution is -2.29. The van der Waals surface area contributed by atoms with E-state index in [9.17, 15) is 4.79 Å². The molecular formula is C16H26OS2. The number of carbonyl (C=O) groups is 1. The van der Waals surface area contributed by atoms with Gasteiger partial charge in [0.05, 0.1) is 0 Å². The molecule has 1 saturated heterocycles. The highest BCUT2D eigenvalue weighted by atomic mass is 32.2. The van der Waals surface area contributed by atoms with Crippen molar-refractivity contribution >= 4 is 28.6 Å². The minimum atomic E-state index is 0.201. The van der Waals surface area contributed by atoms with E-state index in [0.717, 1.165) is 12.2 Å². The van der Waals surface area contributed by atoms with Crippen molar-refractivity contribution in [3.8, 4) is 0 Å². The van der Waals surface area contributed by atoms with E-state index in [-0.39, 0.29) is 5.41 Å². The van der Waals surface area contributed by atoms with Crippen molar-refractivity contribution in [3.63, 3.8) is 0 Å². The molecule has 0 saturated carbocycles. The van der Waals surface area contributed by atoms with Gasteiger partial charge in [0.25, 0.3) is 0 Å². The fraction of sp³-hybridized carbons (Fsp3) is 0.812. The summed E-state index contributed by atoms with van der Waals surface area (Å²) in [5, 5.41) is 1.43. The lowest BCUT2D eigenvalue weighted by Gasteiger charge is -2.31. The average molecular weight is 299 g/mol. The first-order valence-electron chi connectivity index (χ1n) is 7.11. The van der Waals surface area contributed by atoms with E-state index in [4.69, 9.17) is 0 Å². The van der Waals surface area contributed by atoms with Crippen LogP contribution in [-0.2, 0) is 4.79 Å². The van der Waals surface area contributed by atoms with Gasteiger partial charge in [0.2, 0.25) is 0 Å². The van der Waals surface area contributed by atoms with Gasteiger partial charge in [0.15, 0.2) is 5.12 Å². The van der Waals surface area contributed by atoms with E-state index in [1.165, 1.54) is 5.57 Å². The molecule has 2 rings (SSSR count). The zero-order valence-corrected chi connectivity index (χ0v) is 14.6. The fourth-order valence-corrected chi connectivity index (χ4v) is 5.67. The summed E-state index contributed by atoms with van der Waals surface area (Å²) in [6, 6.07) is 0. The van der Waals surface area contributed by atoms with Crippen LogP contribution in [0.25, 0.3) is 0 Å². The molecule has 0 bridgehead atoms. The molecule has 2 heterocycles. The molecular weight excluding hydrogens is 272 g/mol. The van der Waals surface area contributed by atoms with Crippen LogP contribution in [0.4, 0.5) is 0 Å². The Hall–Kier alpha value is 0.110. The van der Waals surface area contributed by atoms with Crippen molar-refractivity contribution in [3.05, 3.63) is 11.6 Å². The molecule has 0 unspecified atom stereocenters. The zero-order chi connectivity index (χ0) is 14.4. The van der Waals surface area contributed by atoms with Gasteiger partial charge in [0.1, 0.15) is 0 Å². The summed E-state index contributed by atoms with van der Waals surface area (Å²) in [7, 11) is 0. The van der Waals surface area contributed by atoms with Crippen molar-refractivity contribution in [1.82, 2.24) is 0 Å². The maximum Gasteiger partial charge on any atom is 0.189 e. The third-order valence-electron chi connectivity index (χ3n) is 3.99. The molecule has 2 aliphatic rings. The van der Waals surface area contributed by atoms with Gasteiger partial charge >= 0.3 is 0 Å². The number of hydrogen-bond acceptors (Lipinski definition) is 3. The lowest BCUT2D eigenvalue weighted by molar-refractivity contribution is -0.110. The van der Waals surface area contributed by atoms with Gasteiger partial charge in [0, 0.05) is 28.6 Å². The standard InChI is InChI=1S/C16H26OS2/c1-15(2,3)12-7-10(9-18-12)11-8-13(17)19-14(11)16(4,5)6/h7,11-12,14H,8-9H2,1-6H3/t11-,12-,14+/m0/s1. The van der Waals surface area contributed by atoms with Crippen LogP contribution in [0.5, 0.6) is 0 Å². The molecule has 0 spiro atoms. The van der Waals surface area contributed by atoms with Crippen LogP contribution in [0.1, 0.15) is 48.0 Å². The van der Waals surface area contributed by atoms with Gasteiger partial charge in [-0.05, 0) is 10.8 Å². The Kier molecular flexibility index (Phi) is 4.19. The molecule has 1 nitrogen and oxygen atoms in total. The summed E-state index contributed by atoms with van der Waals surface area (Å²) in [5.41, 5.74) is 2.05. The van der Waals surface area contributed by atoms with Crippen LogP contribution in [0, 0.1) is 16.7 Å². The van der Waals surface area contributed by atoms with E-state index >= 15 is 0 Å². The van der Waals surface area contributed by atoms with Gasteiger partial charge in [-0.3, -0.25) is 4.79 Å². The molecule has 3 atom stereocenters. The summed E-state index contributed by atoms with van der Waals surface area (Å²) in [6.45, 7) is 13.7. The van der Waals surface area contributed by atoms with Crippen LogP contribution < -0.4 is 0 Å². The predicted octanol–water partition coefficient (Wildman–Crippen LogP) is 4.77. The Balaban J connectivity index is 2.20.